The summed E-state index contributed by atoms with van der Waals surface area (Å²) in [6.45, 7) is 0.833. The Morgan fingerprint density at radius 3 is 2.50 bits per heavy atom. The Balaban J connectivity index is 2.67. The third-order valence-corrected chi connectivity index (χ3v) is 3.16. The summed E-state index contributed by atoms with van der Waals surface area (Å²) in [6.07, 6.45) is 0. The number of rotatable bonds is 5. The average molecular weight is 213 g/mol. The number of sulfonamides is 1. The Morgan fingerprint density at radius 1 is 1.29 bits per heavy atom. The van der Waals surface area contributed by atoms with Gasteiger partial charge in [-0.1, -0.05) is 18.2 Å². The summed E-state index contributed by atoms with van der Waals surface area (Å²) in [4.78, 5) is 0.288. The van der Waals surface area contributed by atoms with Crippen molar-refractivity contribution in [3.63, 3.8) is 0 Å². The van der Waals surface area contributed by atoms with Crippen LogP contribution < -0.4 is 10.0 Å². The van der Waals surface area contributed by atoms with Gasteiger partial charge in [0, 0.05) is 20.1 Å². The molecule has 0 unspecified atom stereocenters. The number of hydrogen-bond acceptors (Lipinski definition) is 2. The largest absolute Gasteiger partial charge is 0.244 e. The van der Waals surface area contributed by atoms with Crippen LogP contribution in [0.25, 0.3) is 0 Å². The topological polar surface area (TPSA) is 60.3 Å². The van der Waals surface area contributed by atoms with Crippen molar-refractivity contribution in [2.75, 3.05) is 20.1 Å². The zero-order valence-corrected chi connectivity index (χ0v) is 8.79. The minimum Gasteiger partial charge on any atom is -0.244 e. The molecule has 5 heteroatoms. The fraction of sp³-hybridized carbons (Fsp3) is 0.333. The Kier molecular flexibility index (Phi) is 4.06. The maximum absolute atomic E-state index is 11.6. The molecule has 1 N–H and O–H groups in total. The van der Waals surface area contributed by atoms with Gasteiger partial charge in [0.05, 0.1) is 4.90 Å². The van der Waals surface area contributed by atoms with E-state index in [1.807, 2.05) is 0 Å². The fourth-order valence-electron chi connectivity index (χ4n) is 0.975. The molecule has 14 heavy (non-hydrogen) atoms. The highest BCUT2D eigenvalue weighted by molar-refractivity contribution is 7.89. The van der Waals surface area contributed by atoms with Gasteiger partial charge >= 0.3 is 0 Å². The SMILES string of the molecule is C[N]CCNS(=O)(=O)c1ccccc1. The van der Waals surface area contributed by atoms with Gasteiger partial charge in [0.2, 0.25) is 10.0 Å². The highest BCUT2D eigenvalue weighted by atomic mass is 32.2. The Morgan fingerprint density at radius 2 is 1.93 bits per heavy atom. The normalized spacial score (nSPS) is 11.5. The van der Waals surface area contributed by atoms with Crippen LogP contribution in [0.1, 0.15) is 0 Å². The highest BCUT2D eigenvalue weighted by Crippen LogP contribution is 2.05. The molecule has 0 spiro atoms. The van der Waals surface area contributed by atoms with E-state index in [4.69, 9.17) is 0 Å². The fourth-order valence-corrected chi connectivity index (χ4v) is 2.02. The second-order valence-corrected chi connectivity index (χ2v) is 4.52. The summed E-state index contributed by atoms with van der Waals surface area (Å²) in [5.74, 6) is 0. The first-order valence-electron chi connectivity index (χ1n) is 4.27. The van der Waals surface area contributed by atoms with E-state index in [1.54, 1.807) is 37.4 Å². The van der Waals surface area contributed by atoms with Gasteiger partial charge in [-0.3, -0.25) is 0 Å². The molecule has 1 radical (unpaired) electrons. The molecule has 0 aliphatic rings. The van der Waals surface area contributed by atoms with Gasteiger partial charge in [0.15, 0.2) is 0 Å². The summed E-state index contributed by atoms with van der Waals surface area (Å²) < 4.78 is 25.6. The predicted molar refractivity (Wildman–Crippen MR) is 54.6 cm³/mol. The van der Waals surface area contributed by atoms with Crippen LogP contribution in [-0.2, 0) is 10.0 Å². The third-order valence-electron chi connectivity index (χ3n) is 1.68. The van der Waals surface area contributed by atoms with E-state index in [-0.39, 0.29) is 4.90 Å². The van der Waals surface area contributed by atoms with Gasteiger partial charge in [0.1, 0.15) is 0 Å². The van der Waals surface area contributed by atoms with Gasteiger partial charge in [-0.15, -0.1) is 0 Å². The van der Waals surface area contributed by atoms with Gasteiger partial charge in [0.25, 0.3) is 0 Å². The zero-order chi connectivity index (χ0) is 10.4. The van der Waals surface area contributed by atoms with Crippen LogP contribution >= 0.6 is 0 Å². The first-order chi connectivity index (χ1) is 6.67. The van der Waals surface area contributed by atoms with Crippen LogP contribution in [0.3, 0.4) is 0 Å². The van der Waals surface area contributed by atoms with Gasteiger partial charge in [-0.05, 0) is 12.1 Å². The van der Waals surface area contributed by atoms with Crippen LogP contribution in [0.15, 0.2) is 35.2 Å². The van der Waals surface area contributed by atoms with E-state index in [0.717, 1.165) is 0 Å². The highest BCUT2D eigenvalue weighted by Gasteiger charge is 2.11. The van der Waals surface area contributed by atoms with E-state index in [2.05, 4.69) is 10.0 Å². The molecule has 0 bridgehead atoms. The standard InChI is InChI=1S/C9H13N2O2S/c1-10-7-8-11-14(12,13)9-5-3-2-4-6-9/h2-6,11H,7-8H2,1H3. The second-order valence-electron chi connectivity index (χ2n) is 2.75. The van der Waals surface area contributed by atoms with Crippen molar-refractivity contribution < 1.29 is 8.42 Å². The van der Waals surface area contributed by atoms with Crippen molar-refractivity contribution in [1.29, 1.82) is 0 Å². The monoisotopic (exact) mass is 213 g/mol. The number of likely N-dealkylation sites (N-methyl/N-ethyl adjacent to an activating group) is 1. The van der Waals surface area contributed by atoms with Crippen molar-refractivity contribution in [2.45, 2.75) is 4.90 Å². The molecule has 0 aliphatic carbocycles. The van der Waals surface area contributed by atoms with Crippen molar-refractivity contribution in [1.82, 2.24) is 10.0 Å². The molecule has 0 aliphatic heterocycles. The predicted octanol–water partition coefficient (Wildman–Crippen LogP) is 0.199. The van der Waals surface area contributed by atoms with E-state index in [9.17, 15) is 8.42 Å². The van der Waals surface area contributed by atoms with Crippen LogP contribution in [0.5, 0.6) is 0 Å². The number of nitrogens with one attached hydrogen (secondary N) is 1. The molecule has 0 heterocycles. The second kappa shape index (κ2) is 5.09. The lowest BCUT2D eigenvalue weighted by molar-refractivity contribution is 0.579. The number of nitrogens with zero attached hydrogens (tertiary/aromatic N) is 1. The van der Waals surface area contributed by atoms with Crippen molar-refractivity contribution >= 4 is 10.0 Å². The molecule has 0 aromatic heterocycles. The Bertz CT molecular complexity index is 362. The van der Waals surface area contributed by atoms with Crippen LogP contribution in [0.4, 0.5) is 0 Å². The smallest absolute Gasteiger partial charge is 0.240 e. The van der Waals surface area contributed by atoms with E-state index < -0.39 is 10.0 Å². The average Bonchev–Trinajstić information content (AvgIpc) is 2.19. The van der Waals surface area contributed by atoms with Gasteiger partial charge in [-0.25, -0.2) is 18.5 Å². The maximum Gasteiger partial charge on any atom is 0.240 e. The minimum absolute atomic E-state index is 0.288. The third kappa shape index (κ3) is 3.10. The quantitative estimate of drug-likeness (QED) is 0.710. The molecule has 4 nitrogen and oxygen atoms in total. The lowest BCUT2D eigenvalue weighted by atomic mass is 10.4. The Hall–Kier alpha value is -0.910. The Labute approximate surface area is 84.4 Å². The maximum atomic E-state index is 11.6. The summed E-state index contributed by atoms with van der Waals surface area (Å²) in [5.41, 5.74) is 0. The lowest BCUT2D eigenvalue weighted by Crippen LogP contribution is -2.28. The summed E-state index contributed by atoms with van der Waals surface area (Å²) in [5, 5.41) is 3.81. The van der Waals surface area contributed by atoms with Crippen LogP contribution in [-0.4, -0.2) is 28.6 Å². The van der Waals surface area contributed by atoms with Gasteiger partial charge in [-0.2, -0.15) is 0 Å². The van der Waals surface area contributed by atoms with Crippen LogP contribution in [0, 0.1) is 0 Å². The van der Waals surface area contributed by atoms with Gasteiger partial charge < -0.3 is 0 Å². The van der Waals surface area contributed by atoms with E-state index in [0.29, 0.717) is 13.1 Å². The minimum atomic E-state index is -3.34. The first kappa shape index (κ1) is 11.2. The molecule has 1 aromatic rings. The molecule has 1 rings (SSSR count). The first-order valence-corrected chi connectivity index (χ1v) is 5.75. The molecule has 77 valence electrons. The summed E-state index contributed by atoms with van der Waals surface area (Å²) in [6, 6.07) is 8.29. The molecule has 0 saturated heterocycles. The number of hydrogen-bond donors (Lipinski definition) is 1. The van der Waals surface area contributed by atoms with E-state index >= 15 is 0 Å². The van der Waals surface area contributed by atoms with Crippen molar-refractivity contribution in [3.05, 3.63) is 30.3 Å². The van der Waals surface area contributed by atoms with Crippen LogP contribution in [0.2, 0.25) is 0 Å². The molecule has 0 fully saturated rings. The molecule has 0 atom stereocenters. The molecule has 1 aromatic carbocycles. The molecular formula is C9H13N2O2S. The number of benzene rings is 1. The molecule has 0 amide bonds. The van der Waals surface area contributed by atoms with E-state index in [1.165, 1.54) is 0 Å². The summed E-state index contributed by atoms with van der Waals surface area (Å²) in [7, 11) is -1.69. The molecule has 0 saturated carbocycles. The molecular weight excluding hydrogens is 200 g/mol. The summed E-state index contributed by atoms with van der Waals surface area (Å²) >= 11 is 0. The van der Waals surface area contributed by atoms with Crippen molar-refractivity contribution in [2.24, 2.45) is 0 Å². The van der Waals surface area contributed by atoms with Crippen molar-refractivity contribution in [3.8, 4) is 0 Å². The zero-order valence-electron chi connectivity index (χ0n) is 7.97. The lowest BCUT2D eigenvalue weighted by Gasteiger charge is -2.04.